The van der Waals surface area contributed by atoms with E-state index in [0.717, 1.165) is 7.11 Å². The van der Waals surface area contributed by atoms with Crippen molar-refractivity contribution in [2.24, 2.45) is 0 Å². The van der Waals surface area contributed by atoms with Gasteiger partial charge in [0.15, 0.2) is 6.29 Å². The molecule has 0 spiro atoms. The molecule has 1 aliphatic heterocycles. The van der Waals surface area contributed by atoms with Crippen molar-refractivity contribution in [3.63, 3.8) is 0 Å². The van der Waals surface area contributed by atoms with Crippen LogP contribution in [0.3, 0.4) is 0 Å². The van der Waals surface area contributed by atoms with E-state index in [2.05, 4.69) is 0 Å². The highest BCUT2D eigenvalue weighted by molar-refractivity contribution is 5.14. The predicted octanol–water partition coefficient (Wildman–Crippen LogP) is 2.52. The molecule has 2 aromatic rings. The number of benzene rings is 2. The second-order valence-corrected chi connectivity index (χ2v) is 5.38. The highest BCUT2D eigenvalue weighted by Gasteiger charge is 2.44. The normalized spacial score (nSPS) is 38.3. The molecular weight excluding hydrogens is 320 g/mol. The SMILES string of the molecule is [2H]C([2H])(OCc1ccccc1)[C@@]1([2H])O[C@H](OC)[C@]([2H])(O)[C@]1([2H])OCc1ccccc1. The third-order valence-corrected chi connectivity index (χ3v) is 3.57. The third kappa shape index (κ3) is 4.87. The van der Waals surface area contributed by atoms with E-state index >= 15 is 0 Å². The van der Waals surface area contributed by atoms with Crippen LogP contribution in [0.2, 0.25) is 0 Å². The van der Waals surface area contributed by atoms with E-state index in [-0.39, 0.29) is 13.2 Å². The number of hydrogen-bond acceptors (Lipinski definition) is 5. The summed E-state index contributed by atoms with van der Waals surface area (Å²) >= 11 is 0. The van der Waals surface area contributed by atoms with Gasteiger partial charge in [-0.2, -0.15) is 0 Å². The predicted molar refractivity (Wildman–Crippen MR) is 92.8 cm³/mol. The molecule has 0 aliphatic carbocycles. The van der Waals surface area contributed by atoms with Crippen molar-refractivity contribution in [2.45, 2.75) is 37.7 Å². The van der Waals surface area contributed by atoms with Gasteiger partial charge >= 0.3 is 0 Å². The molecule has 0 saturated carbocycles. The second kappa shape index (κ2) is 9.08. The molecule has 1 saturated heterocycles. The molecule has 0 radical (unpaired) electrons. The summed E-state index contributed by atoms with van der Waals surface area (Å²) in [5.74, 6) is 0. The van der Waals surface area contributed by atoms with E-state index < -0.39 is 31.1 Å². The van der Waals surface area contributed by atoms with Crippen molar-refractivity contribution >= 4 is 0 Å². The van der Waals surface area contributed by atoms with E-state index in [1.54, 1.807) is 60.7 Å². The van der Waals surface area contributed by atoms with Crippen LogP contribution in [-0.2, 0) is 32.2 Å². The Balaban J connectivity index is 1.91. The van der Waals surface area contributed by atoms with Crippen LogP contribution in [0, 0.1) is 0 Å². The maximum Gasteiger partial charge on any atom is 0.186 e. The lowest BCUT2D eigenvalue weighted by atomic mass is 10.1. The van der Waals surface area contributed by atoms with Gasteiger partial charge in [0.1, 0.15) is 18.2 Å². The van der Waals surface area contributed by atoms with E-state index in [0.29, 0.717) is 11.1 Å². The lowest BCUT2D eigenvalue weighted by molar-refractivity contribution is -0.156. The Kier molecular flexibility index (Phi) is 4.57. The molecule has 1 heterocycles. The molecule has 0 unspecified atom stereocenters. The minimum Gasteiger partial charge on any atom is -0.385 e. The molecule has 1 aliphatic rings. The van der Waals surface area contributed by atoms with Crippen LogP contribution in [0.5, 0.6) is 0 Å². The summed E-state index contributed by atoms with van der Waals surface area (Å²) in [7, 11) is 1.12. The lowest BCUT2D eigenvalue weighted by Crippen LogP contribution is -2.37. The molecule has 5 heteroatoms. The number of aliphatic hydroxyl groups is 1. The maximum absolute atomic E-state index is 10.7. The van der Waals surface area contributed by atoms with Gasteiger partial charge in [0.05, 0.1) is 26.6 Å². The smallest absolute Gasteiger partial charge is 0.186 e. The van der Waals surface area contributed by atoms with Gasteiger partial charge in [0.25, 0.3) is 0 Å². The summed E-state index contributed by atoms with van der Waals surface area (Å²) in [4.78, 5) is 0. The van der Waals surface area contributed by atoms with Gasteiger partial charge in [-0.15, -0.1) is 0 Å². The average molecular weight is 349 g/mol. The molecule has 0 aromatic heterocycles. The van der Waals surface area contributed by atoms with Crippen molar-refractivity contribution in [2.75, 3.05) is 13.7 Å². The van der Waals surface area contributed by atoms with Crippen molar-refractivity contribution in [1.82, 2.24) is 0 Å². The largest absolute Gasteiger partial charge is 0.385 e. The van der Waals surface area contributed by atoms with Crippen LogP contribution in [0.15, 0.2) is 60.7 Å². The standard InChI is InChI=1S/C20H24O5/c1-22-20-18(21)19(24-13-16-10-6-3-7-11-16)17(25-20)14-23-12-15-8-4-2-5-9-15/h2-11,17-21H,12-14H2,1H3/t17-,18-,19-,20+/m1/s1/i14D2,17D,18D,19D. The lowest BCUT2D eigenvalue weighted by Gasteiger charge is -2.20. The van der Waals surface area contributed by atoms with Gasteiger partial charge in [0, 0.05) is 7.11 Å². The fraction of sp³-hybridized carbons (Fsp3) is 0.400. The van der Waals surface area contributed by atoms with Crippen molar-refractivity contribution in [1.29, 1.82) is 0 Å². The quantitative estimate of drug-likeness (QED) is 0.794. The van der Waals surface area contributed by atoms with Crippen LogP contribution in [0.4, 0.5) is 0 Å². The highest BCUT2D eigenvalue weighted by atomic mass is 16.7. The second-order valence-electron chi connectivity index (χ2n) is 5.38. The van der Waals surface area contributed by atoms with Crippen LogP contribution in [0.1, 0.15) is 18.0 Å². The zero-order chi connectivity index (χ0) is 22.0. The Morgan fingerprint density at radius 2 is 1.64 bits per heavy atom. The maximum atomic E-state index is 10.7. The Bertz CT molecular complexity index is 838. The van der Waals surface area contributed by atoms with E-state index in [1.807, 2.05) is 0 Å². The first kappa shape index (κ1) is 12.6. The molecule has 1 N–H and O–H groups in total. The fourth-order valence-electron chi connectivity index (χ4n) is 2.30. The first-order chi connectivity index (χ1) is 14.1. The van der Waals surface area contributed by atoms with Gasteiger partial charge in [-0.05, 0) is 11.1 Å². The number of ether oxygens (including phenoxy) is 4. The third-order valence-electron chi connectivity index (χ3n) is 3.57. The molecule has 134 valence electrons. The van der Waals surface area contributed by atoms with Crippen LogP contribution < -0.4 is 0 Å². The molecule has 5 nitrogen and oxygen atoms in total. The number of hydrogen-bond donors (Lipinski definition) is 1. The first-order valence-electron chi connectivity index (χ1n) is 10.4. The van der Waals surface area contributed by atoms with Gasteiger partial charge in [-0.1, -0.05) is 60.7 Å². The summed E-state index contributed by atoms with van der Waals surface area (Å²) in [6.07, 6.45) is -10.6. The van der Waals surface area contributed by atoms with E-state index in [4.69, 9.17) is 25.8 Å². The molecule has 1 fully saturated rings. The molecule has 3 rings (SSSR count). The van der Waals surface area contributed by atoms with E-state index in [9.17, 15) is 5.11 Å². The van der Waals surface area contributed by atoms with Crippen LogP contribution in [-0.4, -0.2) is 43.3 Å². The average Bonchev–Trinajstić information content (AvgIpc) is 2.90. The van der Waals surface area contributed by atoms with Gasteiger partial charge in [-0.3, -0.25) is 0 Å². The first-order valence-corrected chi connectivity index (χ1v) is 7.86. The van der Waals surface area contributed by atoms with Crippen LogP contribution in [0.25, 0.3) is 0 Å². The van der Waals surface area contributed by atoms with Gasteiger partial charge in [0.2, 0.25) is 0 Å². The minimum atomic E-state index is -2.94. The Hall–Kier alpha value is -1.76. The fourth-order valence-corrected chi connectivity index (χ4v) is 2.30. The Morgan fingerprint density at radius 1 is 1.04 bits per heavy atom. The molecule has 0 bridgehead atoms. The Morgan fingerprint density at radius 3 is 2.24 bits per heavy atom. The number of rotatable bonds is 8. The number of methoxy groups -OCH3 is 1. The molecule has 2 aromatic carbocycles. The summed E-state index contributed by atoms with van der Waals surface area (Å²) in [5.41, 5.74) is 1.24. The molecular formula is C20H24O5. The summed E-state index contributed by atoms with van der Waals surface area (Å²) < 4.78 is 63.3. The van der Waals surface area contributed by atoms with Crippen molar-refractivity contribution in [3.05, 3.63) is 71.8 Å². The summed E-state index contributed by atoms with van der Waals surface area (Å²) in [6.45, 7) is -3.43. The molecule has 0 amide bonds. The summed E-state index contributed by atoms with van der Waals surface area (Å²) in [5, 5.41) is 10.7. The van der Waals surface area contributed by atoms with Gasteiger partial charge in [-0.25, -0.2) is 0 Å². The zero-order valence-corrected chi connectivity index (χ0v) is 13.8. The molecule has 25 heavy (non-hydrogen) atoms. The van der Waals surface area contributed by atoms with Crippen LogP contribution >= 0.6 is 0 Å². The molecule has 4 atom stereocenters. The summed E-state index contributed by atoms with van der Waals surface area (Å²) in [6, 6.07) is 17.4. The highest BCUT2D eigenvalue weighted by Crippen LogP contribution is 2.26. The minimum absolute atomic E-state index is 0.222. The topological polar surface area (TPSA) is 57.2 Å². The van der Waals surface area contributed by atoms with Gasteiger partial charge < -0.3 is 24.1 Å². The Labute approximate surface area is 155 Å². The van der Waals surface area contributed by atoms with E-state index in [1.165, 1.54) is 0 Å². The van der Waals surface area contributed by atoms with Crippen molar-refractivity contribution < 1.29 is 30.9 Å². The van der Waals surface area contributed by atoms with Crippen molar-refractivity contribution in [3.8, 4) is 0 Å². The monoisotopic (exact) mass is 349 g/mol. The zero-order valence-electron chi connectivity index (χ0n) is 18.8.